The Kier molecular flexibility index (Phi) is 2.83. The molecule has 1 aliphatic carbocycles. The molecule has 2 atom stereocenters. The number of sulfonamides is 1. The monoisotopic (exact) mass is 266 g/mol. The van der Waals surface area contributed by atoms with E-state index in [1.54, 1.807) is 28.6 Å². The van der Waals surface area contributed by atoms with Gasteiger partial charge in [0, 0.05) is 18.8 Å². The van der Waals surface area contributed by atoms with Gasteiger partial charge in [0.2, 0.25) is 10.0 Å². The van der Waals surface area contributed by atoms with E-state index in [1.165, 1.54) is 19.3 Å². The van der Waals surface area contributed by atoms with Crippen molar-refractivity contribution in [2.45, 2.75) is 24.2 Å². The molecule has 2 N–H and O–H groups in total. The van der Waals surface area contributed by atoms with Crippen LogP contribution >= 0.6 is 0 Å². The van der Waals surface area contributed by atoms with E-state index in [4.69, 9.17) is 5.73 Å². The second-order valence-corrected chi connectivity index (χ2v) is 7.28. The van der Waals surface area contributed by atoms with Gasteiger partial charge in [-0.25, -0.2) is 8.42 Å². The van der Waals surface area contributed by atoms with Crippen LogP contribution in [0.1, 0.15) is 19.3 Å². The van der Waals surface area contributed by atoms with E-state index in [0.717, 1.165) is 0 Å². The first kappa shape index (κ1) is 12.0. The minimum atomic E-state index is -3.35. The van der Waals surface area contributed by atoms with Crippen LogP contribution in [0.15, 0.2) is 29.2 Å². The van der Waals surface area contributed by atoms with Gasteiger partial charge in [-0.05, 0) is 42.9 Å². The number of hydrogen-bond acceptors (Lipinski definition) is 3. The molecule has 0 spiro atoms. The van der Waals surface area contributed by atoms with Crippen LogP contribution in [0.3, 0.4) is 0 Å². The summed E-state index contributed by atoms with van der Waals surface area (Å²) in [5, 5.41) is 0. The minimum absolute atomic E-state index is 0.322. The lowest BCUT2D eigenvalue weighted by molar-refractivity contribution is 0.445. The van der Waals surface area contributed by atoms with Crippen LogP contribution in [0, 0.1) is 11.8 Å². The first-order valence-corrected chi connectivity index (χ1v) is 7.87. The molecule has 0 amide bonds. The third-order valence-electron chi connectivity index (χ3n) is 4.19. The van der Waals surface area contributed by atoms with Gasteiger partial charge in [0.1, 0.15) is 0 Å². The van der Waals surface area contributed by atoms with Crippen LogP contribution in [-0.2, 0) is 10.0 Å². The normalized spacial score (nSPS) is 28.4. The van der Waals surface area contributed by atoms with E-state index in [1.807, 2.05) is 0 Å². The zero-order valence-electron chi connectivity index (χ0n) is 10.2. The largest absolute Gasteiger partial charge is 0.399 e. The van der Waals surface area contributed by atoms with Gasteiger partial charge in [0.25, 0.3) is 0 Å². The van der Waals surface area contributed by atoms with E-state index in [-0.39, 0.29) is 0 Å². The molecule has 2 fully saturated rings. The summed E-state index contributed by atoms with van der Waals surface area (Å²) in [6, 6.07) is 6.57. The average Bonchev–Trinajstić information content (AvgIpc) is 2.89. The molecule has 1 saturated heterocycles. The SMILES string of the molecule is Nc1cccc(S(=O)(=O)N2CC3CCCC3C2)c1. The van der Waals surface area contributed by atoms with Gasteiger partial charge >= 0.3 is 0 Å². The molecule has 1 aromatic rings. The Morgan fingerprint density at radius 1 is 1.17 bits per heavy atom. The summed E-state index contributed by atoms with van der Waals surface area (Å²) in [6.45, 7) is 1.36. The number of nitrogens with zero attached hydrogens (tertiary/aromatic N) is 1. The maximum absolute atomic E-state index is 12.5. The van der Waals surface area contributed by atoms with E-state index < -0.39 is 10.0 Å². The highest BCUT2D eigenvalue weighted by molar-refractivity contribution is 7.89. The molecule has 0 radical (unpaired) electrons. The predicted octanol–water partition coefficient (Wildman–Crippen LogP) is 1.69. The summed E-state index contributed by atoms with van der Waals surface area (Å²) in [6.07, 6.45) is 3.60. The number of nitrogens with two attached hydrogens (primary N) is 1. The minimum Gasteiger partial charge on any atom is -0.399 e. The van der Waals surface area contributed by atoms with Crippen LogP contribution in [0.5, 0.6) is 0 Å². The van der Waals surface area contributed by atoms with Crippen LogP contribution in [0.2, 0.25) is 0 Å². The lowest BCUT2D eigenvalue weighted by Crippen LogP contribution is -2.29. The Bertz CT molecular complexity index is 544. The molecule has 0 bridgehead atoms. The van der Waals surface area contributed by atoms with Crippen LogP contribution in [-0.4, -0.2) is 25.8 Å². The zero-order valence-corrected chi connectivity index (χ0v) is 11.1. The number of fused-ring (bicyclic) bond motifs is 1. The molecular weight excluding hydrogens is 248 g/mol. The summed E-state index contributed by atoms with van der Waals surface area (Å²) in [7, 11) is -3.35. The first-order valence-electron chi connectivity index (χ1n) is 6.43. The molecule has 3 rings (SSSR count). The predicted molar refractivity (Wildman–Crippen MR) is 70.4 cm³/mol. The fourth-order valence-electron chi connectivity index (χ4n) is 3.21. The van der Waals surface area contributed by atoms with Crippen molar-refractivity contribution in [1.82, 2.24) is 4.31 Å². The van der Waals surface area contributed by atoms with Gasteiger partial charge in [-0.3, -0.25) is 0 Å². The lowest BCUT2D eigenvalue weighted by Gasteiger charge is -2.17. The Balaban J connectivity index is 1.87. The van der Waals surface area contributed by atoms with Crippen molar-refractivity contribution in [2.75, 3.05) is 18.8 Å². The second-order valence-electron chi connectivity index (χ2n) is 5.35. The highest BCUT2D eigenvalue weighted by Crippen LogP contribution is 2.39. The summed E-state index contributed by atoms with van der Waals surface area (Å²) in [4.78, 5) is 0.322. The van der Waals surface area contributed by atoms with Gasteiger partial charge in [0.05, 0.1) is 4.90 Å². The molecule has 5 heteroatoms. The zero-order chi connectivity index (χ0) is 12.8. The third kappa shape index (κ3) is 1.91. The standard InChI is InChI=1S/C13H18N2O2S/c14-12-5-2-6-13(7-12)18(16,17)15-8-10-3-1-4-11(10)9-15/h2,5-7,10-11H,1,3-4,8-9,14H2. The summed E-state index contributed by atoms with van der Waals surface area (Å²) in [5.74, 6) is 1.14. The number of hydrogen-bond donors (Lipinski definition) is 1. The second kappa shape index (κ2) is 4.24. The third-order valence-corrected chi connectivity index (χ3v) is 6.02. The van der Waals surface area contributed by atoms with Crippen LogP contribution in [0.25, 0.3) is 0 Å². The summed E-state index contributed by atoms with van der Waals surface area (Å²) in [5.41, 5.74) is 6.16. The van der Waals surface area contributed by atoms with Crippen molar-refractivity contribution in [3.8, 4) is 0 Å². The molecule has 2 unspecified atom stereocenters. The van der Waals surface area contributed by atoms with Crippen molar-refractivity contribution in [3.05, 3.63) is 24.3 Å². The van der Waals surface area contributed by atoms with E-state index in [0.29, 0.717) is 35.5 Å². The summed E-state index contributed by atoms with van der Waals surface area (Å²) >= 11 is 0. The highest BCUT2D eigenvalue weighted by Gasteiger charge is 2.41. The van der Waals surface area contributed by atoms with Gasteiger partial charge < -0.3 is 5.73 Å². The molecule has 0 aromatic heterocycles. The molecule has 4 nitrogen and oxygen atoms in total. The smallest absolute Gasteiger partial charge is 0.243 e. The van der Waals surface area contributed by atoms with Crippen molar-refractivity contribution < 1.29 is 8.42 Å². The number of nitrogen functional groups attached to an aromatic ring is 1. The lowest BCUT2D eigenvalue weighted by atomic mass is 10.0. The van der Waals surface area contributed by atoms with Crippen molar-refractivity contribution >= 4 is 15.7 Å². The van der Waals surface area contributed by atoms with Crippen LogP contribution in [0.4, 0.5) is 5.69 Å². The topological polar surface area (TPSA) is 63.4 Å². The fourth-order valence-corrected chi connectivity index (χ4v) is 4.82. The van der Waals surface area contributed by atoms with Crippen molar-refractivity contribution in [3.63, 3.8) is 0 Å². The molecule has 18 heavy (non-hydrogen) atoms. The molecule has 2 aliphatic rings. The number of benzene rings is 1. The van der Waals surface area contributed by atoms with Gasteiger partial charge in [-0.2, -0.15) is 4.31 Å². The Morgan fingerprint density at radius 2 is 1.83 bits per heavy atom. The van der Waals surface area contributed by atoms with Gasteiger partial charge in [-0.15, -0.1) is 0 Å². The van der Waals surface area contributed by atoms with Crippen molar-refractivity contribution in [2.24, 2.45) is 11.8 Å². The Hall–Kier alpha value is -1.07. The number of anilines is 1. The first-order chi connectivity index (χ1) is 8.57. The van der Waals surface area contributed by atoms with E-state index >= 15 is 0 Å². The average molecular weight is 266 g/mol. The summed E-state index contributed by atoms with van der Waals surface area (Å²) < 4.78 is 26.6. The Labute approximate surface area is 108 Å². The van der Waals surface area contributed by atoms with Gasteiger partial charge in [0.15, 0.2) is 0 Å². The molecule has 1 saturated carbocycles. The molecule has 1 aliphatic heterocycles. The van der Waals surface area contributed by atoms with Crippen LogP contribution < -0.4 is 5.73 Å². The van der Waals surface area contributed by atoms with Crippen molar-refractivity contribution in [1.29, 1.82) is 0 Å². The van der Waals surface area contributed by atoms with E-state index in [9.17, 15) is 8.42 Å². The maximum Gasteiger partial charge on any atom is 0.243 e. The molecule has 98 valence electrons. The Morgan fingerprint density at radius 3 is 2.44 bits per heavy atom. The molecule has 1 aromatic carbocycles. The molecule has 1 heterocycles. The number of rotatable bonds is 2. The van der Waals surface area contributed by atoms with Gasteiger partial charge in [-0.1, -0.05) is 12.5 Å². The highest BCUT2D eigenvalue weighted by atomic mass is 32.2. The molecular formula is C13H18N2O2S. The maximum atomic E-state index is 12.5. The quantitative estimate of drug-likeness (QED) is 0.829. The van der Waals surface area contributed by atoms with E-state index in [2.05, 4.69) is 0 Å². The fraction of sp³-hybridized carbons (Fsp3) is 0.538.